The van der Waals surface area contributed by atoms with Gasteiger partial charge >= 0.3 is 0 Å². The fraction of sp³-hybridized carbons (Fsp3) is 0.353. The van der Waals surface area contributed by atoms with Crippen molar-refractivity contribution in [2.45, 2.75) is 12.8 Å². The van der Waals surface area contributed by atoms with Gasteiger partial charge in [-0.15, -0.1) is 0 Å². The molecule has 2 aliphatic heterocycles. The van der Waals surface area contributed by atoms with Gasteiger partial charge in [-0.2, -0.15) is 0 Å². The molecule has 6 nitrogen and oxygen atoms in total. The predicted octanol–water partition coefficient (Wildman–Crippen LogP) is 1.94. The van der Waals surface area contributed by atoms with Gasteiger partial charge in [0, 0.05) is 25.8 Å². The van der Waals surface area contributed by atoms with Gasteiger partial charge in [0.05, 0.1) is 23.6 Å². The minimum absolute atomic E-state index is 0.0974. The molecular weight excluding hydrogens is 294 g/mol. The molecular formula is C17H17N3O3. The molecule has 6 heteroatoms. The van der Waals surface area contributed by atoms with Gasteiger partial charge in [-0.3, -0.25) is 14.6 Å². The number of nitrogens with zero attached hydrogens (tertiary/aromatic N) is 3. The van der Waals surface area contributed by atoms with Crippen molar-refractivity contribution in [2.75, 3.05) is 24.5 Å². The van der Waals surface area contributed by atoms with E-state index in [1.165, 1.54) is 6.26 Å². The number of amides is 2. The number of hydrogen-bond donors (Lipinski definition) is 0. The van der Waals surface area contributed by atoms with Crippen LogP contribution in [0.2, 0.25) is 0 Å². The molecule has 0 saturated carbocycles. The van der Waals surface area contributed by atoms with Crippen molar-refractivity contribution in [3.05, 3.63) is 48.7 Å². The maximum absolute atomic E-state index is 12.9. The molecule has 4 rings (SSSR count). The van der Waals surface area contributed by atoms with E-state index in [0.717, 1.165) is 12.1 Å². The second-order valence-corrected chi connectivity index (χ2v) is 6.15. The average Bonchev–Trinajstić information content (AvgIpc) is 3.31. The molecule has 2 aromatic rings. The molecule has 2 amide bonds. The molecule has 2 aromatic heterocycles. The van der Waals surface area contributed by atoms with Gasteiger partial charge in [-0.1, -0.05) is 0 Å². The fourth-order valence-electron chi connectivity index (χ4n) is 3.56. The Kier molecular flexibility index (Phi) is 3.18. The van der Waals surface area contributed by atoms with Crippen molar-refractivity contribution in [2.24, 2.45) is 5.41 Å². The van der Waals surface area contributed by atoms with Gasteiger partial charge < -0.3 is 14.2 Å². The number of carbonyl (C=O) groups is 2. The van der Waals surface area contributed by atoms with Gasteiger partial charge in [-0.25, -0.2) is 0 Å². The highest BCUT2D eigenvalue weighted by atomic mass is 16.3. The number of aromatic nitrogens is 1. The Balaban J connectivity index is 1.53. The first kappa shape index (κ1) is 14.0. The number of pyridine rings is 1. The Labute approximate surface area is 133 Å². The summed E-state index contributed by atoms with van der Waals surface area (Å²) in [5.41, 5.74) is 0.364. The summed E-state index contributed by atoms with van der Waals surface area (Å²) in [6, 6.07) is 7.08. The van der Waals surface area contributed by atoms with Gasteiger partial charge in [-0.05, 0) is 37.1 Å². The summed E-state index contributed by atoms with van der Waals surface area (Å²) in [6.07, 6.45) is 6.36. The molecule has 2 fully saturated rings. The monoisotopic (exact) mass is 311 g/mol. The van der Waals surface area contributed by atoms with Crippen molar-refractivity contribution in [1.29, 1.82) is 0 Å². The topological polar surface area (TPSA) is 66.7 Å². The van der Waals surface area contributed by atoms with E-state index >= 15 is 0 Å². The minimum Gasteiger partial charge on any atom is -0.459 e. The first-order chi connectivity index (χ1) is 11.2. The van der Waals surface area contributed by atoms with E-state index in [1.807, 2.05) is 12.1 Å². The summed E-state index contributed by atoms with van der Waals surface area (Å²) in [5.74, 6) is 0.288. The first-order valence-electron chi connectivity index (χ1n) is 7.74. The number of anilines is 1. The van der Waals surface area contributed by atoms with E-state index in [2.05, 4.69) is 4.98 Å². The van der Waals surface area contributed by atoms with Crippen molar-refractivity contribution in [3.63, 3.8) is 0 Å². The summed E-state index contributed by atoms with van der Waals surface area (Å²) >= 11 is 0. The zero-order valence-electron chi connectivity index (χ0n) is 12.6. The predicted molar refractivity (Wildman–Crippen MR) is 82.9 cm³/mol. The van der Waals surface area contributed by atoms with Crippen LogP contribution >= 0.6 is 0 Å². The fourth-order valence-corrected chi connectivity index (χ4v) is 3.56. The minimum atomic E-state index is -0.460. The first-order valence-corrected chi connectivity index (χ1v) is 7.74. The number of hydrogen-bond acceptors (Lipinski definition) is 4. The highest BCUT2D eigenvalue weighted by Gasteiger charge is 2.52. The van der Waals surface area contributed by atoms with Gasteiger partial charge in [0.2, 0.25) is 5.91 Å². The number of likely N-dealkylation sites (tertiary alicyclic amines) is 1. The molecule has 1 unspecified atom stereocenters. The van der Waals surface area contributed by atoms with Crippen molar-refractivity contribution in [1.82, 2.24) is 9.88 Å². The van der Waals surface area contributed by atoms with Crippen LogP contribution in [0.3, 0.4) is 0 Å². The summed E-state index contributed by atoms with van der Waals surface area (Å²) in [5, 5.41) is 0. The third-order valence-electron chi connectivity index (χ3n) is 4.84. The van der Waals surface area contributed by atoms with Gasteiger partial charge in [0.15, 0.2) is 5.76 Å². The van der Waals surface area contributed by atoms with Gasteiger partial charge in [0.25, 0.3) is 5.91 Å². The highest BCUT2D eigenvalue weighted by Crippen LogP contribution is 2.42. The van der Waals surface area contributed by atoms with E-state index in [-0.39, 0.29) is 11.8 Å². The number of furan rings is 1. The third kappa shape index (κ3) is 2.21. The summed E-state index contributed by atoms with van der Waals surface area (Å²) in [4.78, 5) is 32.9. The van der Waals surface area contributed by atoms with Crippen LogP contribution in [0.15, 0.2) is 47.3 Å². The van der Waals surface area contributed by atoms with Crippen LogP contribution in [-0.2, 0) is 4.79 Å². The SMILES string of the molecule is O=C(c1ccco1)N1CCC2(CCN(c3cccnc3)C2=O)C1. The highest BCUT2D eigenvalue weighted by molar-refractivity contribution is 6.01. The number of rotatable bonds is 2. The van der Waals surface area contributed by atoms with Crippen molar-refractivity contribution < 1.29 is 14.0 Å². The molecule has 0 aliphatic carbocycles. The Morgan fingerprint density at radius 3 is 2.83 bits per heavy atom. The van der Waals surface area contributed by atoms with Gasteiger partial charge in [0.1, 0.15) is 0 Å². The largest absolute Gasteiger partial charge is 0.459 e. The van der Waals surface area contributed by atoms with Crippen LogP contribution < -0.4 is 4.90 Å². The lowest BCUT2D eigenvalue weighted by atomic mass is 9.85. The van der Waals surface area contributed by atoms with Crippen molar-refractivity contribution in [3.8, 4) is 0 Å². The Bertz CT molecular complexity index is 729. The second-order valence-electron chi connectivity index (χ2n) is 6.15. The van der Waals surface area contributed by atoms with Crippen LogP contribution in [-0.4, -0.2) is 41.3 Å². The lowest BCUT2D eigenvalue weighted by Crippen LogP contribution is -2.38. The average molecular weight is 311 g/mol. The summed E-state index contributed by atoms with van der Waals surface area (Å²) < 4.78 is 5.18. The van der Waals surface area contributed by atoms with E-state index in [1.54, 1.807) is 34.3 Å². The second kappa shape index (κ2) is 5.22. The Morgan fingerprint density at radius 2 is 2.09 bits per heavy atom. The maximum atomic E-state index is 12.9. The van der Waals surface area contributed by atoms with E-state index in [0.29, 0.717) is 31.8 Å². The molecule has 23 heavy (non-hydrogen) atoms. The molecule has 2 aliphatic rings. The van der Waals surface area contributed by atoms with Crippen LogP contribution in [0.25, 0.3) is 0 Å². The van der Waals surface area contributed by atoms with Crippen LogP contribution in [0.4, 0.5) is 5.69 Å². The molecule has 0 aromatic carbocycles. The van der Waals surface area contributed by atoms with E-state index in [9.17, 15) is 9.59 Å². The molecule has 1 spiro atoms. The lowest BCUT2D eigenvalue weighted by molar-refractivity contribution is -0.124. The van der Waals surface area contributed by atoms with E-state index in [4.69, 9.17) is 4.42 Å². The molecule has 0 radical (unpaired) electrons. The molecule has 4 heterocycles. The molecule has 2 saturated heterocycles. The molecule has 118 valence electrons. The summed E-state index contributed by atoms with van der Waals surface area (Å²) in [6.45, 7) is 1.72. The van der Waals surface area contributed by atoms with Crippen LogP contribution in [0.5, 0.6) is 0 Å². The zero-order valence-corrected chi connectivity index (χ0v) is 12.6. The Morgan fingerprint density at radius 1 is 1.22 bits per heavy atom. The molecule has 1 atom stereocenters. The molecule has 0 N–H and O–H groups in total. The zero-order chi connectivity index (χ0) is 15.9. The quantitative estimate of drug-likeness (QED) is 0.850. The molecule has 0 bridgehead atoms. The third-order valence-corrected chi connectivity index (χ3v) is 4.84. The number of carbonyl (C=O) groups excluding carboxylic acids is 2. The normalized spacial score (nSPS) is 23.9. The van der Waals surface area contributed by atoms with Crippen molar-refractivity contribution >= 4 is 17.5 Å². The maximum Gasteiger partial charge on any atom is 0.289 e. The smallest absolute Gasteiger partial charge is 0.289 e. The lowest BCUT2D eigenvalue weighted by Gasteiger charge is -2.23. The summed E-state index contributed by atoms with van der Waals surface area (Å²) in [7, 11) is 0. The standard InChI is InChI=1S/C17H17N3O3/c21-15(14-4-2-10-23-14)19-8-5-17(12-19)6-9-20(16(17)22)13-3-1-7-18-11-13/h1-4,7,10-11H,5-6,8-9,12H2. The van der Waals surface area contributed by atoms with E-state index < -0.39 is 5.41 Å². The Hall–Kier alpha value is -2.63. The van der Waals surface area contributed by atoms with Crippen LogP contribution in [0, 0.1) is 5.41 Å². The van der Waals surface area contributed by atoms with Crippen LogP contribution in [0.1, 0.15) is 23.4 Å².